The molecule has 3 rings (SSSR count). The summed E-state index contributed by atoms with van der Waals surface area (Å²) >= 11 is 0. The summed E-state index contributed by atoms with van der Waals surface area (Å²) in [6.45, 7) is 8.66. The molecule has 1 N–H and O–H groups in total. The van der Waals surface area contributed by atoms with Crippen molar-refractivity contribution in [3.05, 3.63) is 52.7 Å². The van der Waals surface area contributed by atoms with E-state index in [1.807, 2.05) is 6.92 Å². The average molecular weight is 383 g/mol. The van der Waals surface area contributed by atoms with Gasteiger partial charge in [0.1, 0.15) is 17.3 Å². The molecule has 0 saturated carbocycles. The first-order chi connectivity index (χ1) is 13.5. The summed E-state index contributed by atoms with van der Waals surface area (Å²) < 4.78 is 11.3. The predicted octanol–water partition coefficient (Wildman–Crippen LogP) is 5.31. The number of phenols is 1. The van der Waals surface area contributed by atoms with Crippen LogP contribution in [0.15, 0.2) is 34.6 Å². The van der Waals surface area contributed by atoms with Crippen LogP contribution in [0.5, 0.6) is 11.5 Å². The maximum Gasteiger partial charge on any atom is 0.232 e. The third kappa shape index (κ3) is 4.30. The molecule has 1 aromatic heterocycles. The Hall–Kier alpha value is -2.53. The fraction of sp³-hybridized carbons (Fsp3) is 0.435. The zero-order valence-electron chi connectivity index (χ0n) is 17.0. The molecule has 2 heterocycles. The maximum absolute atomic E-state index is 12.9. The number of unbranched alkanes of at least 4 members (excludes halogenated alkanes) is 2. The number of ether oxygens (including phenoxy) is 1. The van der Waals surface area contributed by atoms with Crippen molar-refractivity contribution in [3.63, 3.8) is 0 Å². The van der Waals surface area contributed by atoms with E-state index in [0.29, 0.717) is 29.2 Å². The molecule has 1 aliphatic rings. The van der Waals surface area contributed by atoms with E-state index in [0.717, 1.165) is 44.3 Å². The maximum atomic E-state index is 12.9. The number of Topliss-reactive ketones (excluding diaryl/α,β-unsaturated/α-hetero) is 1. The Morgan fingerprint density at radius 3 is 2.50 bits per heavy atom. The standard InChI is InChI=1S/C23H29NO4/c1-4-6-10-24(11-7-5-2)15-18-19(25)13-16(3)21-22(26)20(28-23(18)21)14-17-9-8-12-27-17/h8-9,12-14,25H,4-7,10-11,15H2,1-3H3/b20-14+. The molecule has 5 heteroatoms. The Balaban J connectivity index is 1.93. The van der Waals surface area contributed by atoms with Gasteiger partial charge < -0.3 is 14.3 Å². The molecule has 0 bridgehead atoms. The molecule has 0 unspecified atom stereocenters. The van der Waals surface area contributed by atoms with Crippen LogP contribution in [0.1, 0.15) is 66.8 Å². The largest absolute Gasteiger partial charge is 0.507 e. The molecule has 2 aromatic rings. The van der Waals surface area contributed by atoms with Gasteiger partial charge in [-0.3, -0.25) is 9.69 Å². The molecule has 1 aliphatic heterocycles. The summed E-state index contributed by atoms with van der Waals surface area (Å²) in [6.07, 6.45) is 7.59. The molecule has 28 heavy (non-hydrogen) atoms. The van der Waals surface area contributed by atoms with Crippen molar-refractivity contribution in [1.82, 2.24) is 4.90 Å². The summed E-state index contributed by atoms with van der Waals surface area (Å²) in [6, 6.07) is 5.21. The minimum atomic E-state index is -0.168. The van der Waals surface area contributed by atoms with Crippen molar-refractivity contribution in [3.8, 4) is 11.5 Å². The summed E-state index contributed by atoms with van der Waals surface area (Å²) in [7, 11) is 0. The van der Waals surface area contributed by atoms with Gasteiger partial charge in [0.25, 0.3) is 0 Å². The normalized spacial score (nSPS) is 14.7. The number of benzene rings is 1. The fourth-order valence-corrected chi connectivity index (χ4v) is 3.49. The van der Waals surface area contributed by atoms with Gasteiger partial charge in [-0.05, 0) is 56.6 Å². The van der Waals surface area contributed by atoms with Crippen molar-refractivity contribution >= 4 is 11.9 Å². The molecule has 0 radical (unpaired) electrons. The molecule has 0 saturated heterocycles. The number of aryl methyl sites for hydroxylation is 1. The SMILES string of the molecule is CCCCN(CCCC)Cc1c(O)cc(C)c2c1O/C(=C/c1ccco1)C2=O. The van der Waals surface area contributed by atoms with Crippen molar-refractivity contribution in [2.75, 3.05) is 13.1 Å². The molecule has 5 nitrogen and oxygen atoms in total. The highest BCUT2D eigenvalue weighted by Crippen LogP contribution is 2.42. The third-order valence-electron chi connectivity index (χ3n) is 5.07. The first-order valence-electron chi connectivity index (χ1n) is 10.1. The van der Waals surface area contributed by atoms with Crippen molar-refractivity contribution < 1.29 is 19.1 Å². The van der Waals surface area contributed by atoms with Crippen LogP contribution in [0.2, 0.25) is 0 Å². The van der Waals surface area contributed by atoms with Crippen LogP contribution in [-0.2, 0) is 6.54 Å². The molecule has 1 aromatic carbocycles. The molecular formula is C23H29NO4. The summed E-state index contributed by atoms with van der Waals surface area (Å²) in [5, 5.41) is 10.6. The second-order valence-electron chi connectivity index (χ2n) is 7.33. The zero-order valence-corrected chi connectivity index (χ0v) is 17.0. The number of phenolic OH excluding ortho intramolecular Hbond substituents is 1. The van der Waals surface area contributed by atoms with E-state index in [4.69, 9.17) is 9.15 Å². The minimum Gasteiger partial charge on any atom is -0.507 e. The number of rotatable bonds is 9. The van der Waals surface area contributed by atoms with Crippen molar-refractivity contribution in [1.29, 1.82) is 0 Å². The second kappa shape index (κ2) is 9.11. The van der Waals surface area contributed by atoms with Crippen LogP contribution in [0.3, 0.4) is 0 Å². The summed E-state index contributed by atoms with van der Waals surface area (Å²) in [4.78, 5) is 15.2. The Labute approximate surface area is 166 Å². The molecule has 0 aliphatic carbocycles. The number of hydrogen-bond acceptors (Lipinski definition) is 5. The van der Waals surface area contributed by atoms with Gasteiger partial charge in [0, 0.05) is 12.6 Å². The smallest absolute Gasteiger partial charge is 0.232 e. The van der Waals surface area contributed by atoms with Gasteiger partial charge in [0.2, 0.25) is 5.78 Å². The Morgan fingerprint density at radius 1 is 1.18 bits per heavy atom. The Bertz CT molecular complexity index is 844. The van der Waals surface area contributed by atoms with Crippen LogP contribution in [0.4, 0.5) is 0 Å². The molecular weight excluding hydrogens is 354 g/mol. The lowest BCUT2D eigenvalue weighted by Gasteiger charge is -2.23. The average Bonchev–Trinajstić information content (AvgIpc) is 3.29. The minimum absolute atomic E-state index is 0.168. The van der Waals surface area contributed by atoms with Gasteiger partial charge >= 0.3 is 0 Å². The van der Waals surface area contributed by atoms with Crippen LogP contribution in [0.25, 0.3) is 6.08 Å². The molecule has 0 spiro atoms. The van der Waals surface area contributed by atoms with Gasteiger partial charge in [-0.15, -0.1) is 0 Å². The monoisotopic (exact) mass is 383 g/mol. The fourth-order valence-electron chi connectivity index (χ4n) is 3.49. The number of fused-ring (bicyclic) bond motifs is 1. The molecule has 0 atom stereocenters. The van der Waals surface area contributed by atoms with Crippen LogP contribution < -0.4 is 4.74 Å². The van der Waals surface area contributed by atoms with Gasteiger partial charge in [-0.25, -0.2) is 0 Å². The predicted molar refractivity (Wildman–Crippen MR) is 110 cm³/mol. The lowest BCUT2D eigenvalue weighted by Crippen LogP contribution is -2.26. The number of carbonyl (C=O) groups excluding carboxylic acids is 1. The molecule has 0 fully saturated rings. The van der Waals surface area contributed by atoms with E-state index in [9.17, 15) is 9.90 Å². The first-order valence-corrected chi connectivity index (χ1v) is 10.1. The lowest BCUT2D eigenvalue weighted by atomic mass is 9.99. The van der Waals surface area contributed by atoms with Crippen LogP contribution >= 0.6 is 0 Å². The second-order valence-corrected chi connectivity index (χ2v) is 7.33. The molecule has 0 amide bonds. The number of hydrogen-bond donors (Lipinski definition) is 1. The quantitative estimate of drug-likeness (QED) is 0.594. The van der Waals surface area contributed by atoms with Crippen molar-refractivity contribution in [2.24, 2.45) is 0 Å². The van der Waals surface area contributed by atoms with E-state index < -0.39 is 0 Å². The highest BCUT2D eigenvalue weighted by Gasteiger charge is 2.33. The van der Waals surface area contributed by atoms with E-state index in [1.54, 1.807) is 30.5 Å². The van der Waals surface area contributed by atoms with E-state index >= 15 is 0 Å². The summed E-state index contributed by atoms with van der Waals surface area (Å²) in [5.74, 6) is 1.29. The summed E-state index contributed by atoms with van der Waals surface area (Å²) in [5.41, 5.74) is 1.94. The number of nitrogens with zero attached hydrogens (tertiary/aromatic N) is 1. The van der Waals surface area contributed by atoms with E-state index in [-0.39, 0.29) is 17.3 Å². The van der Waals surface area contributed by atoms with Crippen LogP contribution in [0, 0.1) is 6.92 Å². The Kier molecular flexibility index (Phi) is 6.57. The van der Waals surface area contributed by atoms with Gasteiger partial charge in [-0.1, -0.05) is 26.7 Å². The number of furan rings is 1. The number of ketones is 1. The highest BCUT2D eigenvalue weighted by molar-refractivity contribution is 6.15. The zero-order chi connectivity index (χ0) is 20.1. The topological polar surface area (TPSA) is 62.9 Å². The number of carbonyl (C=O) groups is 1. The lowest BCUT2D eigenvalue weighted by molar-refractivity contribution is 0.101. The van der Waals surface area contributed by atoms with Gasteiger partial charge in [-0.2, -0.15) is 0 Å². The molecule has 150 valence electrons. The third-order valence-corrected chi connectivity index (χ3v) is 5.07. The van der Waals surface area contributed by atoms with Crippen LogP contribution in [-0.4, -0.2) is 28.9 Å². The van der Waals surface area contributed by atoms with Crippen molar-refractivity contribution in [2.45, 2.75) is 53.0 Å². The van der Waals surface area contributed by atoms with Gasteiger partial charge in [0.15, 0.2) is 5.76 Å². The highest BCUT2D eigenvalue weighted by atomic mass is 16.5. The van der Waals surface area contributed by atoms with Gasteiger partial charge in [0.05, 0.1) is 17.4 Å². The number of aromatic hydroxyl groups is 1. The Morgan fingerprint density at radius 2 is 1.89 bits per heavy atom. The first kappa shape index (κ1) is 20.2. The number of allylic oxidation sites excluding steroid dienone is 1. The van der Waals surface area contributed by atoms with E-state index in [2.05, 4.69) is 18.7 Å². The van der Waals surface area contributed by atoms with E-state index in [1.165, 1.54) is 0 Å².